The fourth-order valence-corrected chi connectivity index (χ4v) is 0.938. The highest BCUT2D eigenvalue weighted by Crippen LogP contribution is 2.06. The molecule has 1 amide bonds. The predicted molar refractivity (Wildman–Crippen MR) is 66.2 cm³/mol. The van der Waals surface area contributed by atoms with Crippen molar-refractivity contribution in [1.29, 1.82) is 0 Å². The van der Waals surface area contributed by atoms with Crippen LogP contribution in [0.4, 0.5) is 4.79 Å². The molecule has 0 fully saturated rings. The molecule has 0 aromatic carbocycles. The highest BCUT2D eigenvalue weighted by Gasteiger charge is 2.16. The number of alkyl carbamates (subject to hydrolysis) is 1. The van der Waals surface area contributed by atoms with Gasteiger partial charge in [0.05, 0.1) is 0 Å². The van der Waals surface area contributed by atoms with Gasteiger partial charge in [-0.05, 0) is 26.7 Å². The van der Waals surface area contributed by atoms with Crippen LogP contribution in [0.3, 0.4) is 0 Å². The van der Waals surface area contributed by atoms with E-state index in [0.29, 0.717) is 13.1 Å². The topological polar surface area (TPSA) is 59.6 Å². The van der Waals surface area contributed by atoms with E-state index in [1.807, 2.05) is 27.7 Å². The molecule has 98 valence electrons. The Hall–Kier alpha value is -1.25. The summed E-state index contributed by atoms with van der Waals surface area (Å²) in [5.74, 6) is 2.57. The number of carbonyl (C=O) groups is 1. The Bertz CT molecular complexity index is 266. The van der Waals surface area contributed by atoms with Crippen LogP contribution in [0.1, 0.15) is 27.7 Å². The molecule has 0 aromatic rings. The number of carbonyl (C=O) groups excluding carboxylic acids is 1. The summed E-state index contributed by atoms with van der Waals surface area (Å²) in [6.45, 7) is 8.80. The first-order valence-corrected chi connectivity index (χ1v) is 5.60. The average Bonchev–Trinajstić information content (AvgIpc) is 2.19. The van der Waals surface area contributed by atoms with Crippen LogP contribution in [0.25, 0.3) is 0 Å². The smallest absolute Gasteiger partial charge is 0.407 e. The molecule has 0 saturated heterocycles. The fraction of sp³-hybridized carbons (Fsp3) is 0.750. The third-order valence-corrected chi connectivity index (χ3v) is 1.68. The van der Waals surface area contributed by atoms with Crippen molar-refractivity contribution in [3.8, 4) is 12.3 Å². The quantitative estimate of drug-likeness (QED) is 0.419. The normalized spacial score (nSPS) is 12.6. The summed E-state index contributed by atoms with van der Waals surface area (Å²) in [7, 11) is 0. The number of rotatable bonds is 6. The molecule has 0 bridgehead atoms. The van der Waals surface area contributed by atoms with Crippen LogP contribution in [0.2, 0.25) is 0 Å². The van der Waals surface area contributed by atoms with Crippen molar-refractivity contribution in [2.45, 2.75) is 33.3 Å². The lowest BCUT2D eigenvalue weighted by atomic mass is 10.2. The number of amides is 1. The minimum absolute atomic E-state index is 0.222. The van der Waals surface area contributed by atoms with Gasteiger partial charge in [0.15, 0.2) is 0 Å². The summed E-state index contributed by atoms with van der Waals surface area (Å²) < 4.78 is 5.10. The van der Waals surface area contributed by atoms with E-state index in [4.69, 9.17) is 16.0 Å². The van der Waals surface area contributed by atoms with E-state index in [1.54, 1.807) is 0 Å². The standard InChI is InChI=1S/C12H22N2O3/c1-6-7-16-14-9-10(2)8-13-11(15)17-12(3,4)5/h1,10,14H,7-9H2,2-5H3,(H,13,15). The summed E-state index contributed by atoms with van der Waals surface area (Å²) in [6.07, 6.45) is 4.61. The highest BCUT2D eigenvalue weighted by molar-refractivity contribution is 5.67. The van der Waals surface area contributed by atoms with Gasteiger partial charge in [0.2, 0.25) is 0 Å². The summed E-state index contributed by atoms with van der Waals surface area (Å²) in [4.78, 5) is 16.2. The molecule has 1 atom stereocenters. The second-order valence-corrected chi connectivity index (χ2v) is 4.83. The number of hydrogen-bond donors (Lipinski definition) is 2. The van der Waals surface area contributed by atoms with E-state index in [0.717, 1.165) is 0 Å². The van der Waals surface area contributed by atoms with Gasteiger partial charge in [-0.3, -0.25) is 4.84 Å². The van der Waals surface area contributed by atoms with Crippen molar-refractivity contribution in [1.82, 2.24) is 10.8 Å². The molecule has 0 aliphatic heterocycles. The molecular formula is C12H22N2O3. The van der Waals surface area contributed by atoms with E-state index in [-0.39, 0.29) is 12.5 Å². The molecule has 2 N–H and O–H groups in total. The third-order valence-electron chi connectivity index (χ3n) is 1.68. The van der Waals surface area contributed by atoms with E-state index in [2.05, 4.69) is 16.7 Å². The van der Waals surface area contributed by atoms with Crippen molar-refractivity contribution in [3.63, 3.8) is 0 Å². The molecule has 0 aliphatic rings. The lowest BCUT2D eigenvalue weighted by Crippen LogP contribution is -2.37. The summed E-state index contributed by atoms with van der Waals surface area (Å²) in [5.41, 5.74) is 2.25. The van der Waals surface area contributed by atoms with Crippen molar-refractivity contribution in [2.24, 2.45) is 5.92 Å². The second kappa shape index (κ2) is 7.93. The van der Waals surface area contributed by atoms with Crippen LogP contribution >= 0.6 is 0 Å². The first kappa shape index (κ1) is 15.8. The van der Waals surface area contributed by atoms with Gasteiger partial charge in [-0.2, -0.15) is 0 Å². The number of ether oxygens (including phenoxy) is 1. The summed E-state index contributed by atoms with van der Waals surface area (Å²) in [5, 5.41) is 2.68. The predicted octanol–water partition coefficient (Wildman–Crippen LogP) is 1.30. The maximum Gasteiger partial charge on any atom is 0.407 e. The lowest BCUT2D eigenvalue weighted by molar-refractivity contribution is 0.0472. The molecule has 0 rings (SSSR count). The van der Waals surface area contributed by atoms with Crippen molar-refractivity contribution in [3.05, 3.63) is 0 Å². The Labute approximate surface area is 103 Å². The molecule has 0 aliphatic carbocycles. The molecule has 0 radical (unpaired) electrons. The van der Waals surface area contributed by atoms with Gasteiger partial charge in [-0.1, -0.05) is 12.8 Å². The number of nitrogens with one attached hydrogen (secondary N) is 2. The molecule has 17 heavy (non-hydrogen) atoms. The minimum atomic E-state index is -0.471. The van der Waals surface area contributed by atoms with Crippen LogP contribution in [-0.4, -0.2) is 31.4 Å². The van der Waals surface area contributed by atoms with Crippen molar-refractivity contribution < 1.29 is 14.4 Å². The van der Waals surface area contributed by atoms with E-state index in [9.17, 15) is 4.79 Å². The van der Waals surface area contributed by atoms with Gasteiger partial charge in [-0.15, -0.1) is 6.42 Å². The van der Waals surface area contributed by atoms with Crippen LogP contribution < -0.4 is 10.8 Å². The van der Waals surface area contributed by atoms with Crippen LogP contribution in [-0.2, 0) is 9.57 Å². The summed E-state index contributed by atoms with van der Waals surface area (Å²) >= 11 is 0. The van der Waals surface area contributed by atoms with Gasteiger partial charge in [0.1, 0.15) is 12.2 Å². The Morgan fingerprint density at radius 2 is 2.06 bits per heavy atom. The zero-order valence-electron chi connectivity index (χ0n) is 11.0. The second-order valence-electron chi connectivity index (χ2n) is 4.83. The molecule has 1 unspecified atom stereocenters. The number of hydroxylamine groups is 1. The fourth-order valence-electron chi connectivity index (χ4n) is 0.938. The van der Waals surface area contributed by atoms with Gasteiger partial charge >= 0.3 is 6.09 Å². The molecule has 0 spiro atoms. The van der Waals surface area contributed by atoms with Crippen LogP contribution in [0.5, 0.6) is 0 Å². The minimum Gasteiger partial charge on any atom is -0.444 e. The Morgan fingerprint density at radius 1 is 1.41 bits per heavy atom. The molecule has 0 aromatic heterocycles. The zero-order chi connectivity index (χ0) is 13.3. The van der Waals surface area contributed by atoms with Crippen molar-refractivity contribution in [2.75, 3.05) is 19.7 Å². The Balaban J connectivity index is 3.60. The first-order chi connectivity index (χ1) is 7.85. The van der Waals surface area contributed by atoms with Gasteiger partial charge in [-0.25, -0.2) is 10.3 Å². The Morgan fingerprint density at radius 3 is 2.59 bits per heavy atom. The number of terminal acetylenes is 1. The maximum absolute atomic E-state index is 11.3. The maximum atomic E-state index is 11.3. The number of hydrogen-bond acceptors (Lipinski definition) is 4. The molecular weight excluding hydrogens is 220 g/mol. The SMILES string of the molecule is C#CCONCC(C)CNC(=O)OC(C)(C)C. The molecule has 0 saturated carbocycles. The monoisotopic (exact) mass is 242 g/mol. The van der Waals surface area contributed by atoms with E-state index < -0.39 is 11.7 Å². The third kappa shape index (κ3) is 11.0. The zero-order valence-corrected chi connectivity index (χ0v) is 11.0. The summed E-state index contributed by atoms with van der Waals surface area (Å²) in [6, 6.07) is 0. The van der Waals surface area contributed by atoms with E-state index >= 15 is 0 Å². The van der Waals surface area contributed by atoms with Gasteiger partial charge < -0.3 is 10.1 Å². The van der Waals surface area contributed by atoms with Crippen LogP contribution in [0, 0.1) is 18.3 Å². The van der Waals surface area contributed by atoms with Gasteiger partial charge in [0, 0.05) is 13.1 Å². The van der Waals surface area contributed by atoms with Crippen LogP contribution in [0.15, 0.2) is 0 Å². The lowest BCUT2D eigenvalue weighted by Gasteiger charge is -2.20. The largest absolute Gasteiger partial charge is 0.444 e. The molecule has 0 heterocycles. The molecule has 5 nitrogen and oxygen atoms in total. The Kier molecular flexibility index (Phi) is 7.35. The van der Waals surface area contributed by atoms with E-state index in [1.165, 1.54) is 0 Å². The van der Waals surface area contributed by atoms with Crippen molar-refractivity contribution >= 4 is 6.09 Å². The highest BCUT2D eigenvalue weighted by atomic mass is 16.6. The first-order valence-electron chi connectivity index (χ1n) is 5.60. The average molecular weight is 242 g/mol. The van der Waals surface area contributed by atoms with Gasteiger partial charge in [0.25, 0.3) is 0 Å². The molecule has 5 heteroatoms.